The molecule has 4 N–H and O–H groups in total. The molecule has 0 spiro atoms. The molecule has 0 saturated carbocycles. The molecule has 6 aromatic rings. The van der Waals surface area contributed by atoms with Gasteiger partial charge in [0.2, 0.25) is 11.8 Å². The molecule has 0 bridgehead atoms. The maximum atomic E-state index is 13.8. The van der Waals surface area contributed by atoms with Crippen molar-refractivity contribution in [3.63, 3.8) is 0 Å². The van der Waals surface area contributed by atoms with Crippen LogP contribution in [0.5, 0.6) is 0 Å². The first-order chi connectivity index (χ1) is 29.5. The van der Waals surface area contributed by atoms with Crippen LogP contribution in [-0.4, -0.2) is 107 Å². The zero-order valence-corrected chi connectivity index (χ0v) is 35.2. The number of imidazole rings is 2. The van der Waals surface area contributed by atoms with Gasteiger partial charge in [-0.3, -0.25) is 9.59 Å². The third-order valence-electron chi connectivity index (χ3n) is 11.9. The molecule has 4 amide bonds. The predicted molar refractivity (Wildman–Crippen MR) is 231 cm³/mol. The molecule has 0 radical (unpaired) electrons. The highest BCUT2D eigenvalue weighted by molar-refractivity contribution is 6.09. The topological polar surface area (TPSA) is 184 Å². The van der Waals surface area contributed by atoms with Crippen molar-refractivity contribution in [1.29, 1.82) is 0 Å². The lowest BCUT2D eigenvalue weighted by Crippen LogP contribution is -2.51. The van der Waals surface area contributed by atoms with Crippen LogP contribution in [-0.2, 0) is 23.8 Å². The Morgan fingerprint density at radius 3 is 2.26 bits per heavy atom. The van der Waals surface area contributed by atoms with Gasteiger partial charge in [-0.25, -0.2) is 19.6 Å². The lowest BCUT2D eigenvalue weighted by Gasteiger charge is -2.29. The monoisotopic (exact) mass is 826 g/mol. The van der Waals surface area contributed by atoms with E-state index >= 15 is 0 Å². The molecular formula is C46H50N8O7. The van der Waals surface area contributed by atoms with Gasteiger partial charge in [-0.15, -0.1) is 5.92 Å². The highest BCUT2D eigenvalue weighted by Gasteiger charge is 2.39. The zero-order valence-electron chi connectivity index (χ0n) is 35.2. The SMILES string of the molecule is CC#Cc1cc2[nH]c([C@@H]3CCCN3C(=O)C(NC(=O)OC)C(C)C)nc2c2ccc(-c3ccc4c(ccc5[nH]c([C@@H]6C[C@H](COC)CN6C(=O)CNC(=O)OC)nc54)c3)cc12. The molecule has 61 heavy (non-hydrogen) atoms. The van der Waals surface area contributed by atoms with Gasteiger partial charge in [0, 0.05) is 47.8 Å². The zero-order chi connectivity index (χ0) is 42.9. The van der Waals surface area contributed by atoms with E-state index in [1.165, 1.54) is 14.2 Å². The average Bonchev–Trinajstić information content (AvgIpc) is 4.09. The highest BCUT2D eigenvalue weighted by atomic mass is 16.5. The fourth-order valence-corrected chi connectivity index (χ4v) is 8.97. The van der Waals surface area contributed by atoms with E-state index in [1.54, 1.807) is 12.0 Å². The van der Waals surface area contributed by atoms with Crippen LogP contribution in [0.15, 0.2) is 54.6 Å². The van der Waals surface area contributed by atoms with E-state index in [1.807, 2.05) is 37.8 Å². The molecule has 4 heterocycles. The van der Waals surface area contributed by atoms with Crippen LogP contribution in [0.25, 0.3) is 54.7 Å². The minimum absolute atomic E-state index is 0.121. The molecule has 15 heteroatoms. The molecule has 2 saturated heterocycles. The molecule has 0 aliphatic carbocycles. The molecule has 2 aromatic heterocycles. The van der Waals surface area contributed by atoms with E-state index in [4.69, 9.17) is 19.4 Å². The Balaban J connectivity index is 1.10. The maximum Gasteiger partial charge on any atom is 0.407 e. The first-order valence-electron chi connectivity index (χ1n) is 20.6. The number of benzene rings is 4. The van der Waals surface area contributed by atoms with Crippen LogP contribution in [0, 0.1) is 23.7 Å². The van der Waals surface area contributed by atoms with Crippen molar-refractivity contribution in [2.24, 2.45) is 11.8 Å². The Morgan fingerprint density at radius 2 is 1.54 bits per heavy atom. The van der Waals surface area contributed by atoms with Gasteiger partial charge in [-0.1, -0.05) is 50.1 Å². The molecule has 4 aromatic carbocycles. The van der Waals surface area contributed by atoms with E-state index in [0.29, 0.717) is 37.8 Å². The van der Waals surface area contributed by atoms with Gasteiger partial charge in [0.25, 0.3) is 0 Å². The summed E-state index contributed by atoms with van der Waals surface area (Å²) in [6.45, 7) is 7.00. The fourth-order valence-electron chi connectivity index (χ4n) is 8.97. The van der Waals surface area contributed by atoms with E-state index in [0.717, 1.165) is 73.1 Å². The molecule has 2 aliphatic rings. The van der Waals surface area contributed by atoms with Gasteiger partial charge < -0.3 is 44.6 Å². The summed E-state index contributed by atoms with van der Waals surface area (Å²) in [6, 6.07) is 17.5. The Kier molecular flexibility index (Phi) is 11.5. The van der Waals surface area contributed by atoms with Crippen LogP contribution in [0.1, 0.15) is 69.3 Å². The Morgan fingerprint density at radius 1 is 0.836 bits per heavy atom. The third-order valence-corrected chi connectivity index (χ3v) is 11.9. The van der Waals surface area contributed by atoms with Crippen molar-refractivity contribution in [1.82, 2.24) is 40.4 Å². The second-order valence-corrected chi connectivity index (χ2v) is 16.1. The number of carbonyl (C=O) groups is 4. The van der Waals surface area contributed by atoms with Gasteiger partial charge >= 0.3 is 12.2 Å². The number of nitrogens with zero attached hydrogens (tertiary/aromatic N) is 4. The number of nitrogens with one attached hydrogen (secondary N) is 4. The predicted octanol–water partition coefficient (Wildman–Crippen LogP) is 6.72. The number of H-pyrrole nitrogens is 2. The number of likely N-dealkylation sites (tertiary alicyclic amines) is 2. The van der Waals surface area contributed by atoms with E-state index in [2.05, 4.69) is 79.6 Å². The smallest absolute Gasteiger partial charge is 0.407 e. The lowest BCUT2D eigenvalue weighted by atomic mass is 9.95. The second-order valence-electron chi connectivity index (χ2n) is 16.1. The minimum atomic E-state index is -0.723. The number of methoxy groups -OCH3 is 3. The second kappa shape index (κ2) is 17.1. The maximum absolute atomic E-state index is 13.8. The lowest BCUT2D eigenvalue weighted by molar-refractivity contribution is -0.135. The number of amides is 4. The molecule has 2 aliphatic heterocycles. The molecule has 1 unspecified atom stereocenters. The summed E-state index contributed by atoms with van der Waals surface area (Å²) in [5.41, 5.74) is 6.22. The van der Waals surface area contributed by atoms with Gasteiger partial charge in [0.15, 0.2) is 0 Å². The average molecular weight is 827 g/mol. The number of fused-ring (bicyclic) bond motifs is 6. The number of carbonyl (C=O) groups excluding carboxylic acids is 4. The van der Waals surface area contributed by atoms with Crippen LogP contribution in [0.2, 0.25) is 0 Å². The van der Waals surface area contributed by atoms with Crippen LogP contribution in [0.3, 0.4) is 0 Å². The Bertz CT molecular complexity index is 2750. The van der Waals surface area contributed by atoms with Crippen molar-refractivity contribution in [2.75, 3.05) is 47.6 Å². The molecular weight excluding hydrogens is 777 g/mol. The van der Waals surface area contributed by atoms with Gasteiger partial charge in [-0.2, -0.15) is 0 Å². The first-order valence-corrected chi connectivity index (χ1v) is 20.6. The van der Waals surface area contributed by atoms with Gasteiger partial charge in [-0.05, 0) is 72.9 Å². The molecule has 4 atom stereocenters. The normalized spacial score (nSPS) is 18.2. The van der Waals surface area contributed by atoms with E-state index < -0.39 is 18.2 Å². The van der Waals surface area contributed by atoms with E-state index in [-0.39, 0.29) is 42.3 Å². The Labute approximate surface area is 352 Å². The van der Waals surface area contributed by atoms with Crippen LogP contribution >= 0.6 is 0 Å². The number of aromatic amines is 2. The molecule has 316 valence electrons. The van der Waals surface area contributed by atoms with Crippen molar-refractivity contribution in [2.45, 2.75) is 58.2 Å². The molecule has 2 fully saturated rings. The number of ether oxygens (including phenoxy) is 3. The molecule has 15 nitrogen and oxygen atoms in total. The summed E-state index contributed by atoms with van der Waals surface area (Å²) < 4.78 is 14.9. The van der Waals surface area contributed by atoms with Crippen molar-refractivity contribution in [3.8, 4) is 23.0 Å². The van der Waals surface area contributed by atoms with E-state index in [9.17, 15) is 19.2 Å². The van der Waals surface area contributed by atoms with Crippen LogP contribution in [0.4, 0.5) is 9.59 Å². The largest absolute Gasteiger partial charge is 0.453 e. The summed E-state index contributed by atoms with van der Waals surface area (Å²) in [5, 5.41) is 9.13. The summed E-state index contributed by atoms with van der Waals surface area (Å²) in [5.74, 6) is 7.38. The number of alkyl carbamates (subject to hydrolysis) is 2. The third kappa shape index (κ3) is 7.91. The summed E-state index contributed by atoms with van der Waals surface area (Å²) in [6.07, 6.45) is 0.938. The summed E-state index contributed by atoms with van der Waals surface area (Å²) in [7, 11) is 4.20. The minimum Gasteiger partial charge on any atom is -0.453 e. The number of rotatable bonds is 10. The number of hydrogen-bond acceptors (Lipinski definition) is 9. The van der Waals surface area contributed by atoms with Crippen molar-refractivity contribution in [3.05, 3.63) is 71.8 Å². The summed E-state index contributed by atoms with van der Waals surface area (Å²) in [4.78, 5) is 71.7. The standard InChI is InChI=1S/C46H50N8O7/c1-7-9-29-21-35-41(51-42(49-35)36-10-8-17-53(36)44(56)39(25(2)3)52-46(58)61-6)32-15-12-28(20-33(29)32)27-11-14-31-30(19-27)13-16-34-40(31)50-43(48-34)37-18-26(24-59-4)23-54(37)38(55)22-47-45(57)60-5/h11-16,19-21,25-26,36-37,39H,8,10,17-18,22-24H2,1-6H3,(H,47,57)(H,48,50)(H,49,51)(H,52,58)/t26-,36-,37-,39?/m0/s1. The number of aromatic nitrogens is 4. The van der Waals surface area contributed by atoms with Crippen molar-refractivity contribution < 1.29 is 33.4 Å². The van der Waals surface area contributed by atoms with Crippen molar-refractivity contribution >= 4 is 67.6 Å². The number of hydrogen-bond donors (Lipinski definition) is 4. The molecule has 8 rings (SSSR count). The fraction of sp³-hybridized carbons (Fsp3) is 0.391. The van der Waals surface area contributed by atoms with Gasteiger partial charge in [0.1, 0.15) is 24.2 Å². The quantitative estimate of drug-likeness (QED) is 0.109. The summed E-state index contributed by atoms with van der Waals surface area (Å²) >= 11 is 0. The Hall–Kier alpha value is -6.66. The van der Waals surface area contributed by atoms with Crippen LogP contribution < -0.4 is 10.6 Å². The highest BCUT2D eigenvalue weighted by Crippen LogP contribution is 2.39. The first kappa shape index (κ1) is 41.1. The van der Waals surface area contributed by atoms with Gasteiger partial charge in [0.05, 0.1) is 55.0 Å².